The largest absolute Gasteiger partial charge is 0.334 e. The van der Waals surface area contributed by atoms with Crippen LogP contribution in [-0.2, 0) is 0 Å². The zero-order valence-corrected chi connectivity index (χ0v) is 25.6. The van der Waals surface area contributed by atoms with E-state index in [1.54, 1.807) is 0 Å². The van der Waals surface area contributed by atoms with Crippen LogP contribution < -0.4 is 9.80 Å². The molecule has 0 amide bonds. The van der Waals surface area contributed by atoms with E-state index < -0.39 is 0 Å². The first-order chi connectivity index (χ1) is 22.8. The van der Waals surface area contributed by atoms with Crippen molar-refractivity contribution in [2.24, 2.45) is 0 Å². The number of hydrogen-bond donors (Lipinski definition) is 0. The summed E-state index contributed by atoms with van der Waals surface area (Å²) in [7, 11) is 0. The highest BCUT2D eigenvalue weighted by Crippen LogP contribution is 2.42. The predicted octanol–water partition coefficient (Wildman–Crippen LogP) is 12.3. The van der Waals surface area contributed by atoms with Crippen LogP contribution in [0, 0.1) is 0 Å². The van der Waals surface area contributed by atoms with E-state index in [0.717, 1.165) is 17.8 Å². The minimum Gasteiger partial charge on any atom is -0.334 e. The molecule has 220 valence electrons. The van der Waals surface area contributed by atoms with Gasteiger partial charge < -0.3 is 9.80 Å². The number of nitrogens with zero attached hydrogens (tertiary/aromatic N) is 2. The maximum absolute atomic E-state index is 2.48. The molecule has 0 aromatic heterocycles. The van der Waals surface area contributed by atoms with E-state index in [-0.39, 0.29) is 6.04 Å². The number of fused-ring (bicyclic) bond motifs is 2. The molecule has 7 aromatic carbocycles. The fraction of sp³-hybridized carbons (Fsp3) is 0.0455. The molecule has 2 nitrogen and oxygen atoms in total. The van der Waals surface area contributed by atoms with Gasteiger partial charge in [-0.15, -0.1) is 0 Å². The molecule has 0 N–H and O–H groups in total. The number of hydrogen-bond acceptors (Lipinski definition) is 2. The van der Waals surface area contributed by atoms with Crippen LogP contribution in [0.1, 0.15) is 23.6 Å². The highest BCUT2D eigenvalue weighted by molar-refractivity contribution is 5.99. The molecule has 0 bridgehead atoms. The van der Waals surface area contributed by atoms with E-state index in [2.05, 4.69) is 198 Å². The highest BCUT2D eigenvalue weighted by Gasteiger charge is 2.25. The number of benzene rings is 7. The Morgan fingerprint density at radius 2 is 0.978 bits per heavy atom. The van der Waals surface area contributed by atoms with Crippen molar-refractivity contribution in [1.82, 2.24) is 0 Å². The van der Waals surface area contributed by atoms with Gasteiger partial charge in [-0.2, -0.15) is 0 Å². The lowest BCUT2D eigenvalue weighted by Crippen LogP contribution is -2.25. The summed E-state index contributed by atoms with van der Waals surface area (Å²) < 4.78 is 0. The Morgan fingerprint density at radius 1 is 0.435 bits per heavy atom. The van der Waals surface area contributed by atoms with Crippen LogP contribution in [0.25, 0.3) is 28.0 Å². The second kappa shape index (κ2) is 12.3. The van der Waals surface area contributed by atoms with Gasteiger partial charge in [0.05, 0.1) is 11.7 Å². The molecule has 0 radical (unpaired) electrons. The van der Waals surface area contributed by atoms with Crippen LogP contribution in [0.5, 0.6) is 0 Å². The number of para-hydroxylation sites is 2. The minimum atomic E-state index is 0.228. The molecular formula is C44H34N2. The van der Waals surface area contributed by atoms with Crippen LogP contribution in [-0.4, -0.2) is 0 Å². The third kappa shape index (κ3) is 5.25. The monoisotopic (exact) mass is 590 g/mol. The van der Waals surface area contributed by atoms with Gasteiger partial charge in [-0.25, -0.2) is 0 Å². The number of anilines is 5. The summed E-state index contributed by atoms with van der Waals surface area (Å²) in [6, 6.07) is 63.5. The van der Waals surface area contributed by atoms with Crippen LogP contribution in [0.15, 0.2) is 182 Å². The SMILES string of the molecule is C1=Cc2ccccc2C(N(c2ccccc2)c2ccc(-c3ccc(N(c4ccccc4)c4cccc5ccccc45)cc3)cc2)C1. The summed E-state index contributed by atoms with van der Waals surface area (Å²) in [5.74, 6) is 0. The van der Waals surface area contributed by atoms with Crippen molar-refractivity contribution in [2.75, 3.05) is 9.80 Å². The molecule has 0 heterocycles. The summed E-state index contributed by atoms with van der Waals surface area (Å²) in [6.45, 7) is 0. The van der Waals surface area contributed by atoms with Crippen LogP contribution >= 0.6 is 0 Å². The molecule has 46 heavy (non-hydrogen) atoms. The first-order valence-electron chi connectivity index (χ1n) is 16.0. The fourth-order valence-electron chi connectivity index (χ4n) is 6.78. The molecule has 0 saturated heterocycles. The maximum Gasteiger partial charge on any atom is 0.0631 e. The van der Waals surface area contributed by atoms with Crippen molar-refractivity contribution in [3.05, 3.63) is 193 Å². The Bertz CT molecular complexity index is 2110. The number of rotatable bonds is 7. The average molecular weight is 591 g/mol. The lowest BCUT2D eigenvalue weighted by molar-refractivity contribution is 0.702. The molecule has 7 aromatic rings. The predicted molar refractivity (Wildman–Crippen MR) is 195 cm³/mol. The van der Waals surface area contributed by atoms with Crippen molar-refractivity contribution in [3.8, 4) is 11.1 Å². The second-order valence-electron chi connectivity index (χ2n) is 11.8. The molecule has 0 spiro atoms. The Balaban J connectivity index is 1.14. The van der Waals surface area contributed by atoms with E-state index >= 15 is 0 Å². The smallest absolute Gasteiger partial charge is 0.0631 e. The molecule has 0 aliphatic heterocycles. The van der Waals surface area contributed by atoms with Crippen LogP contribution in [0.2, 0.25) is 0 Å². The lowest BCUT2D eigenvalue weighted by atomic mass is 9.90. The van der Waals surface area contributed by atoms with Gasteiger partial charge in [-0.05, 0) is 88.7 Å². The minimum absolute atomic E-state index is 0.228. The summed E-state index contributed by atoms with van der Waals surface area (Å²) >= 11 is 0. The van der Waals surface area contributed by atoms with Gasteiger partial charge in [-0.1, -0.05) is 133 Å². The normalized spacial score (nSPS) is 13.7. The first kappa shape index (κ1) is 27.7. The van der Waals surface area contributed by atoms with E-state index in [1.807, 2.05) is 0 Å². The first-order valence-corrected chi connectivity index (χ1v) is 16.0. The van der Waals surface area contributed by atoms with Gasteiger partial charge in [0.25, 0.3) is 0 Å². The third-order valence-electron chi connectivity index (χ3n) is 8.98. The van der Waals surface area contributed by atoms with Crippen molar-refractivity contribution < 1.29 is 0 Å². The molecule has 1 aliphatic rings. The van der Waals surface area contributed by atoms with Gasteiger partial charge in [0, 0.05) is 28.1 Å². The van der Waals surface area contributed by atoms with Gasteiger partial charge in [-0.3, -0.25) is 0 Å². The van der Waals surface area contributed by atoms with E-state index in [9.17, 15) is 0 Å². The van der Waals surface area contributed by atoms with E-state index in [1.165, 1.54) is 50.1 Å². The lowest BCUT2D eigenvalue weighted by Gasteiger charge is -2.36. The molecule has 2 heteroatoms. The Labute approximate surface area is 271 Å². The van der Waals surface area contributed by atoms with E-state index in [4.69, 9.17) is 0 Å². The molecule has 1 aliphatic carbocycles. The summed E-state index contributed by atoms with van der Waals surface area (Å²) in [5.41, 5.74) is 10.9. The quantitative estimate of drug-likeness (QED) is 0.182. The van der Waals surface area contributed by atoms with Crippen molar-refractivity contribution >= 4 is 45.3 Å². The second-order valence-corrected chi connectivity index (χ2v) is 11.8. The van der Waals surface area contributed by atoms with Gasteiger partial charge in [0.15, 0.2) is 0 Å². The van der Waals surface area contributed by atoms with Gasteiger partial charge >= 0.3 is 0 Å². The molecule has 1 atom stereocenters. The van der Waals surface area contributed by atoms with Gasteiger partial charge in [0.1, 0.15) is 0 Å². The standard InChI is InChI=1S/C44H34N2/c1-3-17-37(18-4-1)45(43-23-11-15-35-13-7-9-21-41(35)43)39-29-25-33(26-30-39)34-27-31-40(32-28-34)46(38-19-5-2-6-20-38)44-24-12-16-36-14-8-10-22-42(36)44/h1-23,25-32,44H,24H2. The Hall–Kier alpha value is -5.86. The molecular weight excluding hydrogens is 556 g/mol. The maximum atomic E-state index is 2.48. The molecule has 8 rings (SSSR count). The van der Waals surface area contributed by atoms with Gasteiger partial charge in [0.2, 0.25) is 0 Å². The molecule has 0 fully saturated rings. The molecule has 0 saturated carbocycles. The topological polar surface area (TPSA) is 6.48 Å². The summed E-state index contributed by atoms with van der Waals surface area (Å²) in [5, 5.41) is 2.46. The van der Waals surface area contributed by atoms with Crippen LogP contribution in [0.4, 0.5) is 28.4 Å². The Kier molecular flexibility index (Phi) is 7.38. The highest BCUT2D eigenvalue weighted by atomic mass is 15.2. The summed E-state index contributed by atoms with van der Waals surface area (Å²) in [6.07, 6.45) is 5.51. The third-order valence-corrected chi connectivity index (χ3v) is 8.98. The van der Waals surface area contributed by atoms with Crippen molar-refractivity contribution in [2.45, 2.75) is 12.5 Å². The molecule has 1 unspecified atom stereocenters. The summed E-state index contributed by atoms with van der Waals surface area (Å²) in [4.78, 5) is 4.83. The van der Waals surface area contributed by atoms with E-state index in [0.29, 0.717) is 0 Å². The van der Waals surface area contributed by atoms with Crippen LogP contribution in [0.3, 0.4) is 0 Å². The fourth-order valence-corrected chi connectivity index (χ4v) is 6.78. The van der Waals surface area contributed by atoms with Crippen molar-refractivity contribution in [3.63, 3.8) is 0 Å². The average Bonchev–Trinajstić information content (AvgIpc) is 3.14. The van der Waals surface area contributed by atoms with Crippen molar-refractivity contribution in [1.29, 1.82) is 0 Å². The zero-order chi connectivity index (χ0) is 30.7. The zero-order valence-electron chi connectivity index (χ0n) is 25.6. The Morgan fingerprint density at radius 3 is 1.72 bits per heavy atom.